The van der Waals surface area contributed by atoms with Crippen LogP contribution in [0.4, 0.5) is 4.39 Å². The van der Waals surface area contributed by atoms with Gasteiger partial charge in [0.2, 0.25) is 0 Å². The molecule has 0 spiro atoms. The summed E-state index contributed by atoms with van der Waals surface area (Å²) in [6, 6.07) is 5.10. The number of carbonyl (C=O) groups is 1. The number of carboxylic acid groups (broad SMARTS) is 1. The summed E-state index contributed by atoms with van der Waals surface area (Å²) in [5.41, 5.74) is 1.75. The fourth-order valence-electron chi connectivity index (χ4n) is 2.08. The lowest BCUT2D eigenvalue weighted by atomic mass is 10.0. The molecule has 1 saturated carbocycles. The van der Waals surface area contributed by atoms with Crippen molar-refractivity contribution >= 4 is 5.97 Å². The van der Waals surface area contributed by atoms with Gasteiger partial charge < -0.3 is 5.11 Å². The van der Waals surface area contributed by atoms with E-state index in [9.17, 15) is 9.18 Å². The molecule has 0 radical (unpaired) electrons. The highest BCUT2D eigenvalue weighted by molar-refractivity contribution is 5.73. The summed E-state index contributed by atoms with van der Waals surface area (Å²) in [5.74, 6) is -0.678. The molecule has 0 bridgehead atoms. The fourth-order valence-corrected chi connectivity index (χ4v) is 2.08. The molecule has 16 heavy (non-hydrogen) atoms. The number of aliphatic carboxylic acids is 1. The molecule has 2 nitrogen and oxygen atoms in total. The van der Waals surface area contributed by atoms with Gasteiger partial charge in [0.05, 0.1) is 5.92 Å². The first-order chi connectivity index (χ1) is 7.58. The van der Waals surface area contributed by atoms with Gasteiger partial charge in [-0.05, 0) is 49.3 Å². The van der Waals surface area contributed by atoms with Gasteiger partial charge in [0.25, 0.3) is 0 Å². The van der Waals surface area contributed by atoms with Crippen molar-refractivity contribution in [2.75, 3.05) is 0 Å². The van der Waals surface area contributed by atoms with Crippen LogP contribution in [-0.2, 0) is 11.2 Å². The molecule has 1 aliphatic carbocycles. The highest BCUT2D eigenvalue weighted by atomic mass is 19.1. The largest absolute Gasteiger partial charge is 0.481 e. The number of rotatable bonds is 4. The Labute approximate surface area is 94.1 Å². The third-order valence-electron chi connectivity index (χ3n) is 3.27. The zero-order chi connectivity index (χ0) is 11.7. The standard InChI is InChI=1S/C13H15FO2/c1-8-6-9(3-5-12(8)14)2-4-10-7-11(10)13(15)16/h3,5-6,10-11H,2,4,7H2,1H3,(H,15,16). The molecule has 0 aliphatic heterocycles. The lowest BCUT2D eigenvalue weighted by Crippen LogP contribution is -2.00. The molecular weight excluding hydrogens is 207 g/mol. The van der Waals surface area contributed by atoms with Crippen molar-refractivity contribution in [1.29, 1.82) is 0 Å². The predicted molar refractivity (Wildman–Crippen MR) is 58.7 cm³/mol. The first-order valence-corrected chi connectivity index (χ1v) is 5.56. The molecular formula is C13H15FO2. The summed E-state index contributed by atoms with van der Waals surface area (Å²) in [5, 5.41) is 8.75. The van der Waals surface area contributed by atoms with Gasteiger partial charge in [0.1, 0.15) is 5.82 Å². The van der Waals surface area contributed by atoms with Crippen LogP contribution in [0.2, 0.25) is 0 Å². The van der Waals surface area contributed by atoms with E-state index in [-0.39, 0.29) is 11.7 Å². The second-order valence-electron chi connectivity index (χ2n) is 4.56. The summed E-state index contributed by atoms with van der Waals surface area (Å²) in [4.78, 5) is 10.6. The zero-order valence-electron chi connectivity index (χ0n) is 9.24. The lowest BCUT2D eigenvalue weighted by molar-refractivity contribution is -0.138. The molecule has 0 aromatic heterocycles. The SMILES string of the molecule is Cc1cc(CCC2CC2C(=O)O)ccc1F. The molecule has 0 amide bonds. The molecule has 2 rings (SSSR count). The number of benzene rings is 1. The van der Waals surface area contributed by atoms with E-state index < -0.39 is 5.97 Å². The van der Waals surface area contributed by atoms with Crippen LogP contribution in [-0.4, -0.2) is 11.1 Å². The Morgan fingerprint density at radius 3 is 2.88 bits per heavy atom. The molecule has 2 unspecified atom stereocenters. The quantitative estimate of drug-likeness (QED) is 0.850. The van der Waals surface area contributed by atoms with Crippen molar-refractivity contribution in [3.8, 4) is 0 Å². The normalized spacial score (nSPS) is 23.1. The second kappa shape index (κ2) is 4.24. The van der Waals surface area contributed by atoms with Gasteiger partial charge in [-0.2, -0.15) is 0 Å². The molecule has 86 valence electrons. The Bertz CT molecular complexity index is 414. The average molecular weight is 222 g/mol. The van der Waals surface area contributed by atoms with Gasteiger partial charge in [-0.15, -0.1) is 0 Å². The van der Waals surface area contributed by atoms with E-state index in [2.05, 4.69) is 0 Å². The number of hydrogen-bond donors (Lipinski definition) is 1. The van der Waals surface area contributed by atoms with Gasteiger partial charge >= 0.3 is 5.97 Å². The number of halogens is 1. The zero-order valence-corrected chi connectivity index (χ0v) is 9.24. The molecule has 1 aromatic rings. The van der Waals surface area contributed by atoms with Crippen molar-refractivity contribution in [3.63, 3.8) is 0 Å². The van der Waals surface area contributed by atoms with Gasteiger partial charge in [-0.1, -0.05) is 12.1 Å². The molecule has 0 heterocycles. The topological polar surface area (TPSA) is 37.3 Å². The number of carboxylic acids is 1. The number of hydrogen-bond acceptors (Lipinski definition) is 1. The summed E-state index contributed by atoms with van der Waals surface area (Å²) in [7, 11) is 0. The summed E-state index contributed by atoms with van der Waals surface area (Å²) in [6.45, 7) is 1.75. The van der Waals surface area contributed by atoms with Crippen LogP contribution >= 0.6 is 0 Å². The monoisotopic (exact) mass is 222 g/mol. The number of aryl methyl sites for hydroxylation is 2. The van der Waals surface area contributed by atoms with Crippen molar-refractivity contribution in [2.24, 2.45) is 11.8 Å². The van der Waals surface area contributed by atoms with Crippen molar-refractivity contribution in [2.45, 2.75) is 26.2 Å². The molecule has 1 aliphatic rings. The van der Waals surface area contributed by atoms with Gasteiger partial charge in [-0.25, -0.2) is 4.39 Å². The molecule has 1 fully saturated rings. The Kier molecular flexibility index (Phi) is 2.95. The minimum atomic E-state index is -0.680. The van der Waals surface area contributed by atoms with Crippen LogP contribution in [0.3, 0.4) is 0 Å². The Morgan fingerprint density at radius 2 is 2.31 bits per heavy atom. The van der Waals surface area contributed by atoms with Crippen LogP contribution < -0.4 is 0 Å². The van der Waals surface area contributed by atoms with Crippen LogP contribution in [0.25, 0.3) is 0 Å². The summed E-state index contributed by atoms with van der Waals surface area (Å²) < 4.78 is 13.0. The molecule has 1 N–H and O–H groups in total. The second-order valence-corrected chi connectivity index (χ2v) is 4.56. The van der Waals surface area contributed by atoms with Crippen molar-refractivity contribution < 1.29 is 14.3 Å². The van der Waals surface area contributed by atoms with Crippen molar-refractivity contribution in [3.05, 3.63) is 35.1 Å². The Morgan fingerprint density at radius 1 is 1.56 bits per heavy atom. The smallest absolute Gasteiger partial charge is 0.306 e. The highest BCUT2D eigenvalue weighted by Crippen LogP contribution is 2.42. The van der Waals surface area contributed by atoms with E-state index in [4.69, 9.17) is 5.11 Å². The van der Waals surface area contributed by atoms with E-state index in [0.717, 1.165) is 24.8 Å². The van der Waals surface area contributed by atoms with Crippen molar-refractivity contribution in [1.82, 2.24) is 0 Å². The van der Waals surface area contributed by atoms with Gasteiger partial charge in [-0.3, -0.25) is 4.79 Å². The molecule has 3 heteroatoms. The maximum atomic E-state index is 13.0. The third kappa shape index (κ3) is 2.40. The predicted octanol–water partition coefficient (Wildman–Crippen LogP) is 2.79. The molecule has 0 saturated heterocycles. The van der Waals surface area contributed by atoms with E-state index in [1.54, 1.807) is 13.0 Å². The summed E-state index contributed by atoms with van der Waals surface area (Å²) >= 11 is 0. The highest BCUT2D eigenvalue weighted by Gasteiger charge is 2.42. The van der Waals surface area contributed by atoms with E-state index in [1.807, 2.05) is 6.07 Å². The van der Waals surface area contributed by atoms with E-state index >= 15 is 0 Å². The minimum absolute atomic E-state index is 0.137. The third-order valence-corrected chi connectivity index (χ3v) is 3.27. The van der Waals surface area contributed by atoms with Crippen LogP contribution in [0.5, 0.6) is 0 Å². The fraction of sp³-hybridized carbons (Fsp3) is 0.462. The summed E-state index contributed by atoms with van der Waals surface area (Å²) in [6.07, 6.45) is 2.53. The lowest BCUT2D eigenvalue weighted by Gasteiger charge is -2.03. The average Bonchev–Trinajstić information content (AvgIpc) is 2.99. The minimum Gasteiger partial charge on any atom is -0.481 e. The maximum absolute atomic E-state index is 13.0. The molecule has 1 aromatic carbocycles. The Balaban J connectivity index is 1.87. The van der Waals surface area contributed by atoms with E-state index in [1.165, 1.54) is 6.07 Å². The Hall–Kier alpha value is -1.38. The van der Waals surface area contributed by atoms with E-state index in [0.29, 0.717) is 11.5 Å². The first-order valence-electron chi connectivity index (χ1n) is 5.56. The van der Waals surface area contributed by atoms with Gasteiger partial charge in [0, 0.05) is 0 Å². The first kappa shape index (κ1) is 11.1. The van der Waals surface area contributed by atoms with Crippen LogP contribution in [0.1, 0.15) is 24.0 Å². The molecule has 2 atom stereocenters. The van der Waals surface area contributed by atoms with Gasteiger partial charge in [0.15, 0.2) is 0 Å². The maximum Gasteiger partial charge on any atom is 0.306 e. The van der Waals surface area contributed by atoms with Crippen LogP contribution in [0, 0.1) is 24.6 Å². The van der Waals surface area contributed by atoms with Crippen LogP contribution in [0.15, 0.2) is 18.2 Å².